The first kappa shape index (κ1) is 14.4. The minimum Gasteiger partial charge on any atom is -0.502 e. The van der Waals surface area contributed by atoms with Crippen LogP contribution in [0.3, 0.4) is 0 Å². The summed E-state index contributed by atoms with van der Waals surface area (Å²) in [6, 6.07) is 7.22. The van der Waals surface area contributed by atoms with Crippen molar-refractivity contribution < 1.29 is 19.8 Å². The van der Waals surface area contributed by atoms with E-state index in [1.165, 1.54) is 6.20 Å². The Morgan fingerprint density at radius 3 is 2.43 bits per heavy atom. The van der Waals surface area contributed by atoms with Crippen molar-refractivity contribution >= 4 is 17.4 Å². The van der Waals surface area contributed by atoms with Crippen molar-refractivity contribution in [2.45, 2.75) is 6.42 Å². The van der Waals surface area contributed by atoms with Crippen molar-refractivity contribution in [3.05, 3.63) is 65.2 Å². The summed E-state index contributed by atoms with van der Waals surface area (Å²) >= 11 is 0. The Bertz CT molecular complexity index is 699. The number of nitrogens with one attached hydrogen (secondary N) is 1. The van der Waals surface area contributed by atoms with E-state index in [-0.39, 0.29) is 0 Å². The number of rotatable bonds is 5. The maximum Gasteiger partial charge on any atom is 0.371 e. The number of carboxylic acid groups (broad SMARTS) is 1. The van der Waals surface area contributed by atoms with Crippen molar-refractivity contribution in [3.63, 3.8) is 0 Å². The van der Waals surface area contributed by atoms with Crippen LogP contribution in [-0.2, 0) is 11.2 Å². The largest absolute Gasteiger partial charge is 0.502 e. The van der Waals surface area contributed by atoms with Gasteiger partial charge in [-0.05, 0) is 29.7 Å². The molecule has 0 radical (unpaired) electrons. The van der Waals surface area contributed by atoms with Gasteiger partial charge in [0.25, 0.3) is 0 Å². The number of nitrogens with two attached hydrogens (primary N) is 1. The lowest BCUT2D eigenvalue weighted by Crippen LogP contribution is -2.05. The van der Waals surface area contributed by atoms with E-state index < -0.39 is 17.5 Å². The number of aromatic amines is 1. The molecule has 108 valence electrons. The molecule has 0 saturated carbocycles. The second-order valence-electron chi connectivity index (χ2n) is 4.51. The molecule has 0 amide bonds. The second kappa shape index (κ2) is 5.96. The summed E-state index contributed by atoms with van der Waals surface area (Å²) < 4.78 is 0. The molecule has 0 aliphatic carbocycles. The maximum atomic E-state index is 11.9. The molecule has 1 aromatic heterocycles. The van der Waals surface area contributed by atoms with E-state index >= 15 is 0 Å². The Hall–Kier alpha value is -3.02. The Labute approximate surface area is 120 Å². The number of carbonyl (C=O) groups is 2. The van der Waals surface area contributed by atoms with Gasteiger partial charge in [-0.2, -0.15) is 0 Å². The highest BCUT2D eigenvalue weighted by Crippen LogP contribution is 2.16. The van der Waals surface area contributed by atoms with Crippen molar-refractivity contribution in [3.8, 4) is 0 Å². The number of carbonyl (C=O) groups excluding carboxylic acids is 1. The molecule has 0 spiro atoms. The maximum absolute atomic E-state index is 11.9. The van der Waals surface area contributed by atoms with Gasteiger partial charge in [-0.3, -0.25) is 4.79 Å². The molecular formula is C15H14N2O4. The fraction of sp³-hybridized carbons (Fsp3) is 0.0667. The average molecular weight is 286 g/mol. The van der Waals surface area contributed by atoms with Gasteiger partial charge in [0.05, 0.1) is 0 Å². The topological polar surface area (TPSA) is 116 Å². The van der Waals surface area contributed by atoms with Gasteiger partial charge in [-0.1, -0.05) is 12.1 Å². The number of anilines is 1. The van der Waals surface area contributed by atoms with Crippen molar-refractivity contribution in [1.82, 2.24) is 4.98 Å². The lowest BCUT2D eigenvalue weighted by Gasteiger charge is -2.03. The first-order valence-corrected chi connectivity index (χ1v) is 6.15. The summed E-state index contributed by atoms with van der Waals surface area (Å²) in [5.74, 6) is -3.10. The van der Waals surface area contributed by atoms with Gasteiger partial charge in [0.15, 0.2) is 5.78 Å². The van der Waals surface area contributed by atoms with Crippen LogP contribution in [0.15, 0.2) is 48.5 Å². The smallest absolute Gasteiger partial charge is 0.371 e. The third-order valence-electron chi connectivity index (χ3n) is 2.96. The number of carboxylic acids is 1. The number of hydrogen-bond donors (Lipinski definition) is 4. The van der Waals surface area contributed by atoms with Crippen molar-refractivity contribution in [2.24, 2.45) is 0 Å². The SMILES string of the molecule is Nc1ccc(Cc2c[nH]cc2C(=O)C=C(O)C(=O)O)cc1. The molecule has 6 nitrogen and oxygen atoms in total. The van der Waals surface area contributed by atoms with E-state index in [0.29, 0.717) is 29.3 Å². The summed E-state index contributed by atoms with van der Waals surface area (Å²) in [5.41, 5.74) is 8.25. The van der Waals surface area contributed by atoms with Crippen LogP contribution in [0.2, 0.25) is 0 Å². The van der Waals surface area contributed by atoms with Crippen LogP contribution >= 0.6 is 0 Å². The van der Waals surface area contributed by atoms with Gasteiger partial charge >= 0.3 is 5.97 Å². The molecule has 5 N–H and O–H groups in total. The quantitative estimate of drug-likeness (QED) is 0.290. The number of aliphatic hydroxyl groups is 1. The summed E-state index contributed by atoms with van der Waals surface area (Å²) in [7, 11) is 0. The fourth-order valence-electron chi connectivity index (χ4n) is 1.89. The zero-order valence-electron chi connectivity index (χ0n) is 11.0. The van der Waals surface area contributed by atoms with Crippen molar-refractivity contribution in [1.29, 1.82) is 0 Å². The molecule has 2 aromatic rings. The Balaban J connectivity index is 2.22. The number of ketones is 1. The fourth-order valence-corrected chi connectivity index (χ4v) is 1.89. The van der Waals surface area contributed by atoms with E-state index in [2.05, 4.69) is 4.98 Å². The lowest BCUT2D eigenvalue weighted by atomic mass is 10.0. The van der Waals surface area contributed by atoms with Crippen molar-refractivity contribution in [2.75, 3.05) is 5.73 Å². The molecule has 0 aliphatic heterocycles. The van der Waals surface area contributed by atoms with E-state index in [1.54, 1.807) is 18.3 Å². The van der Waals surface area contributed by atoms with Crippen LogP contribution in [0.25, 0.3) is 0 Å². The average Bonchev–Trinajstić information content (AvgIpc) is 2.89. The van der Waals surface area contributed by atoms with Gasteiger partial charge < -0.3 is 20.9 Å². The summed E-state index contributed by atoms with van der Waals surface area (Å²) in [6.45, 7) is 0. The molecule has 21 heavy (non-hydrogen) atoms. The van der Waals surface area contributed by atoms with Crippen LogP contribution in [0.5, 0.6) is 0 Å². The van der Waals surface area contributed by atoms with E-state index in [9.17, 15) is 9.59 Å². The normalized spacial score (nSPS) is 11.3. The van der Waals surface area contributed by atoms with Crippen LogP contribution in [0.1, 0.15) is 21.5 Å². The summed E-state index contributed by atoms with van der Waals surface area (Å²) in [6.07, 6.45) is 4.32. The Kier molecular flexibility index (Phi) is 4.08. The van der Waals surface area contributed by atoms with Gasteiger partial charge in [0.1, 0.15) is 0 Å². The number of aromatic nitrogens is 1. The van der Waals surface area contributed by atoms with E-state index in [0.717, 1.165) is 5.56 Å². The Morgan fingerprint density at radius 2 is 1.81 bits per heavy atom. The third-order valence-corrected chi connectivity index (χ3v) is 2.96. The minimum atomic E-state index is -1.54. The molecular weight excluding hydrogens is 272 g/mol. The van der Waals surface area contributed by atoms with Gasteiger partial charge in [0.2, 0.25) is 5.76 Å². The first-order chi connectivity index (χ1) is 9.97. The zero-order valence-corrected chi connectivity index (χ0v) is 11.0. The highest BCUT2D eigenvalue weighted by Gasteiger charge is 2.14. The predicted octanol–water partition coefficient (Wildman–Crippen LogP) is 1.90. The molecule has 0 saturated heterocycles. The van der Waals surface area contributed by atoms with Gasteiger partial charge in [-0.15, -0.1) is 0 Å². The summed E-state index contributed by atoms with van der Waals surface area (Å²) in [5, 5.41) is 17.7. The number of aliphatic hydroxyl groups excluding tert-OH is 1. The Morgan fingerprint density at radius 1 is 1.14 bits per heavy atom. The number of H-pyrrole nitrogens is 1. The highest BCUT2D eigenvalue weighted by atomic mass is 16.4. The monoisotopic (exact) mass is 286 g/mol. The second-order valence-corrected chi connectivity index (χ2v) is 4.51. The highest BCUT2D eigenvalue weighted by molar-refractivity contribution is 6.08. The predicted molar refractivity (Wildman–Crippen MR) is 77.1 cm³/mol. The zero-order chi connectivity index (χ0) is 15.4. The standard InChI is InChI=1S/C15H14N2O4/c16-11-3-1-9(2-4-11)5-10-7-17-8-12(10)13(18)6-14(19)15(20)21/h1-4,6-8,17,19H,5,16H2,(H,20,21). The number of nitrogen functional groups attached to an aromatic ring is 1. The third kappa shape index (κ3) is 3.50. The molecule has 1 aromatic carbocycles. The molecule has 0 aliphatic rings. The van der Waals surface area contributed by atoms with Gasteiger partial charge in [-0.25, -0.2) is 4.79 Å². The molecule has 0 fully saturated rings. The number of hydrogen-bond acceptors (Lipinski definition) is 4. The number of allylic oxidation sites excluding steroid dienone is 1. The van der Waals surface area contributed by atoms with Crippen LogP contribution in [0, 0.1) is 0 Å². The molecule has 0 unspecified atom stereocenters. The van der Waals surface area contributed by atoms with Crippen LogP contribution < -0.4 is 5.73 Å². The first-order valence-electron chi connectivity index (χ1n) is 6.15. The van der Waals surface area contributed by atoms with E-state index in [4.69, 9.17) is 15.9 Å². The van der Waals surface area contributed by atoms with Crippen LogP contribution in [0.4, 0.5) is 5.69 Å². The van der Waals surface area contributed by atoms with Crippen LogP contribution in [-0.4, -0.2) is 26.9 Å². The molecule has 0 bridgehead atoms. The molecule has 0 atom stereocenters. The molecule has 6 heteroatoms. The number of aliphatic carboxylic acids is 1. The number of benzene rings is 1. The van der Waals surface area contributed by atoms with E-state index in [1.807, 2.05) is 12.1 Å². The minimum absolute atomic E-state index is 0.319. The lowest BCUT2D eigenvalue weighted by molar-refractivity contribution is -0.135. The van der Waals surface area contributed by atoms with Gasteiger partial charge in [0, 0.05) is 29.7 Å². The molecule has 1 heterocycles. The summed E-state index contributed by atoms with van der Waals surface area (Å²) in [4.78, 5) is 25.3. The molecule has 2 rings (SSSR count).